The lowest BCUT2D eigenvalue weighted by atomic mass is 10.2. The molecular weight excluding hydrogens is 352 g/mol. The molecule has 26 heavy (non-hydrogen) atoms. The van der Waals surface area contributed by atoms with Crippen LogP contribution in [-0.4, -0.2) is 43.4 Å². The van der Waals surface area contributed by atoms with Gasteiger partial charge in [0.25, 0.3) is 0 Å². The Bertz CT molecular complexity index is 1020. The van der Waals surface area contributed by atoms with Crippen LogP contribution in [-0.2, 0) is 16.6 Å². The summed E-state index contributed by atoms with van der Waals surface area (Å²) in [5.41, 5.74) is 2.06. The zero-order chi connectivity index (χ0) is 18.3. The predicted molar refractivity (Wildman–Crippen MR) is 99.0 cm³/mol. The molecular formula is C17H16N6O2S. The van der Waals surface area contributed by atoms with Crippen LogP contribution in [0.4, 0.5) is 11.4 Å². The summed E-state index contributed by atoms with van der Waals surface area (Å²) < 4.78 is 1.67. The quantitative estimate of drug-likeness (QED) is 0.560. The number of carbonyl (C=O) groups excluding carboxylic acids is 2. The molecule has 1 atom stereocenters. The van der Waals surface area contributed by atoms with Crippen molar-refractivity contribution in [2.24, 2.45) is 7.05 Å². The number of nitrogens with one attached hydrogen (secondary N) is 1. The number of aryl methyl sites for hydroxylation is 1. The molecule has 4 rings (SSSR count). The monoisotopic (exact) mass is 368 g/mol. The van der Waals surface area contributed by atoms with Crippen molar-refractivity contribution in [3.8, 4) is 0 Å². The van der Waals surface area contributed by atoms with Crippen molar-refractivity contribution in [1.82, 2.24) is 19.7 Å². The molecule has 1 unspecified atom stereocenters. The van der Waals surface area contributed by atoms with Gasteiger partial charge in [0, 0.05) is 7.05 Å². The second-order valence-electron chi connectivity index (χ2n) is 5.93. The number of fused-ring (bicyclic) bond motifs is 2. The van der Waals surface area contributed by atoms with Crippen LogP contribution in [0.25, 0.3) is 11.0 Å². The van der Waals surface area contributed by atoms with Gasteiger partial charge in [0.1, 0.15) is 17.9 Å². The highest BCUT2D eigenvalue weighted by Crippen LogP contribution is 2.33. The van der Waals surface area contributed by atoms with E-state index in [1.165, 1.54) is 23.0 Å². The van der Waals surface area contributed by atoms with Gasteiger partial charge in [-0.25, -0.2) is 9.97 Å². The minimum atomic E-state index is -0.424. The van der Waals surface area contributed by atoms with Crippen molar-refractivity contribution in [2.75, 3.05) is 16.8 Å². The number of thioether (sulfide) groups is 1. The van der Waals surface area contributed by atoms with E-state index in [4.69, 9.17) is 0 Å². The van der Waals surface area contributed by atoms with E-state index in [2.05, 4.69) is 20.4 Å². The van der Waals surface area contributed by atoms with Crippen LogP contribution in [0.3, 0.4) is 0 Å². The van der Waals surface area contributed by atoms with Gasteiger partial charge in [-0.2, -0.15) is 5.10 Å². The highest BCUT2D eigenvalue weighted by Gasteiger charge is 2.30. The summed E-state index contributed by atoms with van der Waals surface area (Å²) >= 11 is 1.34. The van der Waals surface area contributed by atoms with Crippen molar-refractivity contribution >= 4 is 46.0 Å². The van der Waals surface area contributed by atoms with E-state index in [9.17, 15) is 9.59 Å². The Labute approximate surface area is 153 Å². The number of rotatable bonds is 3. The second kappa shape index (κ2) is 6.41. The first-order valence-corrected chi connectivity index (χ1v) is 8.92. The molecule has 0 radical (unpaired) electrons. The molecule has 0 bridgehead atoms. The Balaban J connectivity index is 1.61. The third-order valence-electron chi connectivity index (χ3n) is 4.17. The lowest BCUT2D eigenvalue weighted by molar-refractivity contribution is -0.121. The molecule has 1 aliphatic heterocycles. The van der Waals surface area contributed by atoms with Gasteiger partial charge < -0.3 is 5.32 Å². The van der Waals surface area contributed by atoms with E-state index in [1.807, 2.05) is 32.2 Å². The summed E-state index contributed by atoms with van der Waals surface area (Å²) in [5, 5.41) is 8.05. The minimum absolute atomic E-state index is 0.00677. The molecule has 2 aromatic heterocycles. The molecule has 2 amide bonds. The molecule has 0 spiro atoms. The molecule has 0 saturated carbocycles. The maximum Gasteiger partial charge on any atom is 0.244 e. The highest BCUT2D eigenvalue weighted by atomic mass is 32.2. The molecule has 0 saturated heterocycles. The average Bonchev–Trinajstić information content (AvgIpc) is 3.02. The van der Waals surface area contributed by atoms with Gasteiger partial charge in [-0.05, 0) is 19.1 Å². The third-order valence-corrected chi connectivity index (χ3v) is 5.27. The lowest BCUT2D eigenvalue weighted by Gasteiger charge is -2.30. The average molecular weight is 368 g/mol. The van der Waals surface area contributed by atoms with Gasteiger partial charge in [-0.3, -0.25) is 19.2 Å². The zero-order valence-corrected chi connectivity index (χ0v) is 15.0. The Morgan fingerprint density at radius 2 is 2.12 bits per heavy atom. The molecule has 1 aromatic carbocycles. The molecule has 9 heteroatoms. The first-order valence-electron chi connectivity index (χ1n) is 8.04. The summed E-state index contributed by atoms with van der Waals surface area (Å²) in [6.45, 7) is 1.82. The lowest BCUT2D eigenvalue weighted by Crippen LogP contribution is -2.45. The van der Waals surface area contributed by atoms with Crippen molar-refractivity contribution in [2.45, 2.75) is 17.2 Å². The number of benzene rings is 1. The number of anilines is 2. The number of para-hydroxylation sites is 2. The van der Waals surface area contributed by atoms with Crippen molar-refractivity contribution in [1.29, 1.82) is 0 Å². The fourth-order valence-corrected chi connectivity index (χ4v) is 3.84. The van der Waals surface area contributed by atoms with E-state index < -0.39 is 5.25 Å². The number of nitrogens with zero attached hydrogens (tertiary/aromatic N) is 5. The Morgan fingerprint density at radius 1 is 1.31 bits per heavy atom. The fraction of sp³-hybridized carbons (Fsp3) is 0.235. The van der Waals surface area contributed by atoms with Crippen LogP contribution in [0.2, 0.25) is 0 Å². The van der Waals surface area contributed by atoms with E-state index >= 15 is 0 Å². The Hall–Kier alpha value is -2.94. The standard InChI is InChI=1S/C17H16N6O2S/c1-10(26-16-11-7-20-22(2)15(11)18-9-19-16)17(25)23-8-14(24)21-12-5-3-4-6-13(12)23/h3-7,9-10H,8H2,1-2H3,(H,21,24). The van der Waals surface area contributed by atoms with Crippen LogP contribution in [0.15, 0.2) is 41.8 Å². The van der Waals surface area contributed by atoms with Crippen LogP contribution < -0.4 is 10.2 Å². The number of amides is 2. The first-order chi connectivity index (χ1) is 12.5. The molecule has 132 valence electrons. The Kier molecular flexibility index (Phi) is 4.08. The fourth-order valence-electron chi connectivity index (χ4n) is 2.90. The number of carbonyl (C=O) groups is 2. The number of hydrogen-bond acceptors (Lipinski definition) is 6. The van der Waals surface area contributed by atoms with Crippen LogP contribution in [0.5, 0.6) is 0 Å². The summed E-state index contributed by atoms with van der Waals surface area (Å²) in [5.74, 6) is -0.348. The van der Waals surface area contributed by atoms with Crippen LogP contribution in [0.1, 0.15) is 6.92 Å². The molecule has 3 heterocycles. The smallest absolute Gasteiger partial charge is 0.244 e. The van der Waals surface area contributed by atoms with E-state index in [0.717, 1.165) is 5.39 Å². The van der Waals surface area contributed by atoms with E-state index in [-0.39, 0.29) is 18.4 Å². The topological polar surface area (TPSA) is 93.0 Å². The van der Waals surface area contributed by atoms with E-state index in [1.54, 1.807) is 16.9 Å². The zero-order valence-electron chi connectivity index (χ0n) is 14.2. The maximum atomic E-state index is 13.0. The Morgan fingerprint density at radius 3 is 2.96 bits per heavy atom. The molecule has 1 N–H and O–H groups in total. The van der Waals surface area contributed by atoms with Gasteiger partial charge in [0.15, 0.2) is 5.65 Å². The van der Waals surface area contributed by atoms with Gasteiger partial charge in [0.05, 0.1) is 28.2 Å². The third kappa shape index (κ3) is 2.80. The summed E-state index contributed by atoms with van der Waals surface area (Å²) in [7, 11) is 1.81. The SMILES string of the molecule is CC(Sc1ncnc2c1cnn2C)C(=O)N1CC(=O)Nc2ccccc21. The predicted octanol–water partition coefficient (Wildman–Crippen LogP) is 1.83. The largest absolute Gasteiger partial charge is 0.323 e. The minimum Gasteiger partial charge on any atom is -0.323 e. The van der Waals surface area contributed by atoms with Gasteiger partial charge in [-0.1, -0.05) is 23.9 Å². The summed E-state index contributed by atoms with van der Waals surface area (Å²) in [6.07, 6.45) is 3.16. The maximum absolute atomic E-state index is 13.0. The molecule has 0 aliphatic carbocycles. The number of hydrogen-bond donors (Lipinski definition) is 1. The molecule has 0 fully saturated rings. The van der Waals surface area contributed by atoms with Gasteiger partial charge in [-0.15, -0.1) is 0 Å². The summed E-state index contributed by atoms with van der Waals surface area (Å²) in [4.78, 5) is 35.0. The molecule has 8 nitrogen and oxygen atoms in total. The normalized spacial score (nSPS) is 14.8. The number of aromatic nitrogens is 4. The summed E-state index contributed by atoms with van der Waals surface area (Å²) in [6, 6.07) is 7.28. The van der Waals surface area contributed by atoms with Crippen LogP contribution >= 0.6 is 11.8 Å². The van der Waals surface area contributed by atoms with Crippen LogP contribution in [0, 0.1) is 0 Å². The first kappa shape index (κ1) is 16.5. The molecule has 3 aromatic rings. The van der Waals surface area contributed by atoms with Crippen molar-refractivity contribution < 1.29 is 9.59 Å². The van der Waals surface area contributed by atoms with E-state index in [0.29, 0.717) is 22.0 Å². The van der Waals surface area contributed by atoms with Gasteiger partial charge in [0.2, 0.25) is 11.8 Å². The molecule has 1 aliphatic rings. The second-order valence-corrected chi connectivity index (χ2v) is 7.26. The van der Waals surface area contributed by atoms with Crippen molar-refractivity contribution in [3.05, 3.63) is 36.8 Å². The van der Waals surface area contributed by atoms with Gasteiger partial charge >= 0.3 is 0 Å². The van der Waals surface area contributed by atoms with Crippen molar-refractivity contribution in [3.63, 3.8) is 0 Å². The highest BCUT2D eigenvalue weighted by molar-refractivity contribution is 8.00.